The number of anilines is 1. The number of rotatable bonds is 3. The molecule has 2 heterocycles. The summed E-state index contributed by atoms with van der Waals surface area (Å²) in [7, 11) is 0. The Bertz CT molecular complexity index is 734. The van der Waals surface area contributed by atoms with Gasteiger partial charge < -0.3 is 14.8 Å². The highest BCUT2D eigenvalue weighted by atomic mass is 79.9. The first-order valence-corrected chi connectivity index (χ1v) is 8.61. The van der Waals surface area contributed by atoms with Crippen molar-refractivity contribution in [3.8, 4) is 0 Å². The lowest BCUT2D eigenvalue weighted by Crippen LogP contribution is -2.13. The molecule has 1 aliphatic rings. The zero-order chi connectivity index (χ0) is 15.7. The van der Waals surface area contributed by atoms with Crippen LogP contribution in [0.2, 0.25) is 0 Å². The number of aryl methyl sites for hydroxylation is 1. The van der Waals surface area contributed by atoms with E-state index in [1.54, 1.807) is 12.1 Å². The van der Waals surface area contributed by atoms with Gasteiger partial charge in [-0.2, -0.15) is 0 Å². The Balaban J connectivity index is 1.93. The summed E-state index contributed by atoms with van der Waals surface area (Å²) in [6.07, 6.45) is 4.80. The SMILES string of the molecule is O=C(Nc1sc2c(c1C(=O)O)CCCCC2)c1ccc(Br)o1. The van der Waals surface area contributed by atoms with E-state index in [-0.39, 0.29) is 11.3 Å². The number of carbonyl (C=O) groups excluding carboxylic acids is 1. The van der Waals surface area contributed by atoms with Gasteiger partial charge in [0.25, 0.3) is 5.91 Å². The number of hydrogen-bond donors (Lipinski definition) is 2. The van der Waals surface area contributed by atoms with Crippen LogP contribution < -0.4 is 5.32 Å². The van der Waals surface area contributed by atoms with Crippen LogP contribution in [0.3, 0.4) is 0 Å². The number of halogens is 1. The van der Waals surface area contributed by atoms with E-state index in [2.05, 4.69) is 21.2 Å². The minimum atomic E-state index is -0.990. The highest BCUT2D eigenvalue weighted by Crippen LogP contribution is 2.37. The number of carbonyl (C=O) groups is 2. The molecule has 22 heavy (non-hydrogen) atoms. The normalized spacial score (nSPS) is 14.2. The largest absolute Gasteiger partial charge is 0.478 e. The molecule has 1 amide bonds. The average Bonchev–Trinajstić information content (AvgIpc) is 2.96. The topological polar surface area (TPSA) is 79.5 Å². The van der Waals surface area contributed by atoms with Crippen LogP contribution in [0.15, 0.2) is 21.2 Å². The minimum Gasteiger partial charge on any atom is -0.478 e. The summed E-state index contributed by atoms with van der Waals surface area (Å²) in [5.74, 6) is -1.29. The van der Waals surface area contributed by atoms with E-state index in [0.717, 1.165) is 42.5 Å². The molecule has 5 nitrogen and oxygen atoms in total. The van der Waals surface area contributed by atoms with E-state index in [4.69, 9.17) is 4.42 Å². The summed E-state index contributed by atoms with van der Waals surface area (Å²) < 4.78 is 5.66. The molecule has 7 heteroatoms. The number of carboxylic acids is 1. The van der Waals surface area contributed by atoms with Gasteiger partial charge >= 0.3 is 5.97 Å². The van der Waals surface area contributed by atoms with E-state index < -0.39 is 11.9 Å². The van der Waals surface area contributed by atoms with E-state index in [1.807, 2.05) is 0 Å². The van der Waals surface area contributed by atoms with Gasteiger partial charge in [-0.3, -0.25) is 4.79 Å². The lowest BCUT2D eigenvalue weighted by atomic mass is 10.1. The van der Waals surface area contributed by atoms with Gasteiger partial charge in [-0.1, -0.05) is 6.42 Å². The molecule has 0 spiro atoms. The first kappa shape index (κ1) is 15.3. The average molecular weight is 384 g/mol. The maximum absolute atomic E-state index is 12.2. The fourth-order valence-corrected chi connectivity index (χ4v) is 4.24. The van der Waals surface area contributed by atoms with Crippen LogP contribution in [0.4, 0.5) is 5.00 Å². The fourth-order valence-electron chi connectivity index (χ4n) is 2.66. The Morgan fingerprint density at radius 2 is 2.00 bits per heavy atom. The second-order valence-corrected chi connectivity index (χ2v) is 7.02. The Hall–Kier alpha value is -1.60. The maximum Gasteiger partial charge on any atom is 0.339 e. The molecule has 1 aliphatic carbocycles. The van der Waals surface area contributed by atoms with Crippen LogP contribution >= 0.6 is 27.3 Å². The van der Waals surface area contributed by atoms with Gasteiger partial charge in [0, 0.05) is 4.88 Å². The Morgan fingerprint density at radius 1 is 1.23 bits per heavy atom. The molecule has 0 saturated heterocycles. The lowest BCUT2D eigenvalue weighted by Gasteiger charge is -2.04. The van der Waals surface area contributed by atoms with Crippen molar-refractivity contribution in [2.45, 2.75) is 32.1 Å². The smallest absolute Gasteiger partial charge is 0.339 e. The van der Waals surface area contributed by atoms with Gasteiger partial charge in [0.15, 0.2) is 10.4 Å². The number of amides is 1. The van der Waals surface area contributed by atoms with Crippen LogP contribution in [0, 0.1) is 0 Å². The third-order valence-electron chi connectivity index (χ3n) is 3.66. The van der Waals surface area contributed by atoms with E-state index >= 15 is 0 Å². The second-order valence-electron chi connectivity index (χ2n) is 5.13. The number of thiophene rings is 1. The third kappa shape index (κ3) is 2.96. The maximum atomic E-state index is 12.2. The molecular weight excluding hydrogens is 370 g/mol. The van der Waals surface area contributed by atoms with Crippen molar-refractivity contribution in [3.63, 3.8) is 0 Å². The summed E-state index contributed by atoms with van der Waals surface area (Å²) in [6.45, 7) is 0. The van der Waals surface area contributed by atoms with Crippen molar-refractivity contribution in [1.82, 2.24) is 0 Å². The summed E-state index contributed by atoms with van der Waals surface area (Å²) in [5, 5.41) is 12.6. The molecule has 2 N–H and O–H groups in total. The van der Waals surface area contributed by atoms with E-state index in [9.17, 15) is 14.7 Å². The van der Waals surface area contributed by atoms with Crippen LogP contribution in [0.5, 0.6) is 0 Å². The zero-order valence-corrected chi connectivity index (χ0v) is 14.1. The van der Waals surface area contributed by atoms with Crippen molar-refractivity contribution in [1.29, 1.82) is 0 Å². The van der Waals surface area contributed by atoms with Gasteiger partial charge in [0.05, 0.1) is 5.56 Å². The van der Waals surface area contributed by atoms with E-state index in [1.165, 1.54) is 11.3 Å². The predicted octanol–water partition coefficient (Wildman–Crippen LogP) is 4.32. The monoisotopic (exact) mass is 383 g/mol. The lowest BCUT2D eigenvalue weighted by molar-refractivity contribution is 0.0697. The second kappa shape index (κ2) is 6.26. The van der Waals surface area contributed by atoms with Crippen LogP contribution in [-0.2, 0) is 12.8 Å². The Morgan fingerprint density at radius 3 is 2.68 bits per heavy atom. The quantitative estimate of drug-likeness (QED) is 0.773. The number of hydrogen-bond acceptors (Lipinski definition) is 4. The molecule has 3 rings (SSSR count). The van der Waals surface area contributed by atoms with Crippen molar-refractivity contribution >= 4 is 44.1 Å². The van der Waals surface area contributed by atoms with Crippen LogP contribution in [0.1, 0.15) is 50.6 Å². The highest BCUT2D eigenvalue weighted by molar-refractivity contribution is 9.10. The molecule has 2 aromatic rings. The van der Waals surface area contributed by atoms with Crippen molar-refractivity contribution in [3.05, 3.63) is 38.6 Å². The molecule has 0 saturated carbocycles. The summed E-state index contributed by atoms with van der Waals surface area (Å²) in [5.41, 5.74) is 1.12. The fraction of sp³-hybridized carbons (Fsp3) is 0.333. The van der Waals surface area contributed by atoms with Gasteiger partial charge in [-0.25, -0.2) is 4.79 Å². The standard InChI is InChI=1S/C15H14BrNO4S/c16-11-7-6-9(21-11)13(18)17-14-12(15(19)20)8-4-2-1-3-5-10(8)22-14/h6-7H,1-5H2,(H,17,18)(H,19,20). The van der Waals surface area contributed by atoms with Crippen molar-refractivity contribution in [2.75, 3.05) is 5.32 Å². The molecule has 0 bridgehead atoms. The van der Waals surface area contributed by atoms with Gasteiger partial charge in [0.1, 0.15) is 5.00 Å². The first-order valence-electron chi connectivity index (χ1n) is 7.01. The number of carboxylic acid groups (broad SMARTS) is 1. The van der Waals surface area contributed by atoms with Gasteiger partial charge in [0.2, 0.25) is 0 Å². The minimum absolute atomic E-state index is 0.145. The van der Waals surface area contributed by atoms with Crippen molar-refractivity contribution < 1.29 is 19.1 Å². The molecule has 0 atom stereocenters. The number of aromatic carboxylic acids is 1. The summed E-state index contributed by atoms with van der Waals surface area (Å²) in [4.78, 5) is 24.9. The van der Waals surface area contributed by atoms with Crippen LogP contribution in [0.25, 0.3) is 0 Å². The molecule has 0 unspecified atom stereocenters. The molecule has 116 valence electrons. The molecule has 0 aliphatic heterocycles. The molecule has 0 fully saturated rings. The zero-order valence-electron chi connectivity index (χ0n) is 11.6. The molecule has 2 aromatic heterocycles. The Labute approximate surface area is 139 Å². The summed E-state index contributed by atoms with van der Waals surface area (Å²) >= 11 is 4.51. The first-order chi connectivity index (χ1) is 10.6. The van der Waals surface area contributed by atoms with Crippen molar-refractivity contribution in [2.24, 2.45) is 0 Å². The molecular formula is C15H14BrNO4S. The summed E-state index contributed by atoms with van der Waals surface area (Å²) in [6, 6.07) is 3.16. The third-order valence-corrected chi connectivity index (χ3v) is 5.29. The number of fused-ring (bicyclic) bond motifs is 1. The van der Waals surface area contributed by atoms with Gasteiger partial charge in [-0.15, -0.1) is 11.3 Å². The molecule has 0 aromatic carbocycles. The molecule has 0 radical (unpaired) electrons. The van der Waals surface area contributed by atoms with Crippen LogP contribution in [-0.4, -0.2) is 17.0 Å². The number of nitrogens with one attached hydrogen (secondary N) is 1. The Kier molecular flexibility index (Phi) is 4.35. The van der Waals surface area contributed by atoms with Gasteiger partial charge in [-0.05, 0) is 59.3 Å². The number of furan rings is 1. The highest BCUT2D eigenvalue weighted by Gasteiger charge is 2.26. The van der Waals surface area contributed by atoms with E-state index in [0.29, 0.717) is 9.67 Å². The predicted molar refractivity (Wildman–Crippen MR) is 86.9 cm³/mol.